The molecule has 8 aliphatic heterocycles. The number of carboxylic acid groups (broad SMARTS) is 3. The zero-order valence-electron chi connectivity index (χ0n) is 54.4. The molecule has 0 bridgehead atoms. The first-order chi connectivity index (χ1) is 41.6. The summed E-state index contributed by atoms with van der Waals surface area (Å²) < 4.78 is 0. The first-order valence-electron chi connectivity index (χ1n) is 28.5. The van der Waals surface area contributed by atoms with E-state index < -0.39 is 17.9 Å². The van der Waals surface area contributed by atoms with Gasteiger partial charge >= 0.3 is 77.3 Å². The topological polar surface area (TPSA) is 202 Å². The number of aromatic nitrogens is 3. The number of nitrogens with zero attached hydrogens (tertiary/aromatic N) is 19. The molecule has 0 saturated heterocycles. The minimum Gasteiger partial charge on any atom is -0.509 e. The fraction of sp³-hybridized carbons (Fsp3) is 0.355. The van der Waals surface area contributed by atoms with E-state index in [-0.39, 0.29) is 78.6 Å². The van der Waals surface area contributed by atoms with E-state index in [1.165, 1.54) is 19.3 Å². The number of pyridine rings is 3. The SMILES string of the molecule is CCC.CCC.CCC.CN1C=CN(N2C=CN(C)C2)[CH-]1.CN1C=CN(N2C=CN(C)C2)[CH-]1.CN1C=CN(N2C=CN(C)[CH-]2)[CH-]1.CN1C=CN(N2C=CN(C)[CH-]2)[CH-]1.O=C(O)Cc1ccccn1.O=C(O)Cc1ccccn1.O=C(O)Cc1ccccn1.[Os+2].[Os+2].[Os+2]. The molecule has 3 aromatic rings. The van der Waals surface area contributed by atoms with Crippen LogP contribution < -0.4 is 0 Å². The van der Waals surface area contributed by atoms with Crippen LogP contribution in [0.15, 0.2) is 172 Å². The van der Waals surface area contributed by atoms with Crippen LogP contribution in [0.4, 0.5) is 0 Å². The second-order valence-corrected chi connectivity index (χ2v) is 19.8. The summed E-state index contributed by atoms with van der Waals surface area (Å²) in [7, 11) is 16.1. The molecule has 0 amide bonds. The normalized spacial score (nSPS) is 15.3. The van der Waals surface area contributed by atoms with E-state index in [2.05, 4.69) is 125 Å². The fourth-order valence-electron chi connectivity index (χ4n) is 6.77. The Kier molecular flexibility index (Phi) is 46.3. The van der Waals surface area contributed by atoms with E-state index in [0.29, 0.717) is 17.1 Å². The van der Waals surface area contributed by atoms with Crippen LogP contribution >= 0.6 is 0 Å². The first kappa shape index (κ1) is 84.6. The van der Waals surface area contributed by atoms with Crippen LogP contribution in [-0.4, -0.2) is 197 Å². The Labute approximate surface area is 576 Å². The minimum absolute atomic E-state index is 0. The summed E-state index contributed by atoms with van der Waals surface area (Å²) in [6, 6.07) is 15.6. The molecule has 8 aliphatic rings. The van der Waals surface area contributed by atoms with Gasteiger partial charge in [0.15, 0.2) is 0 Å². The molecule has 0 unspecified atom stereocenters. The number of hydrogen-bond donors (Lipinski definition) is 3. The summed E-state index contributed by atoms with van der Waals surface area (Å²) in [4.78, 5) is 58.2. The molecular weight excluding hydrogens is 1680 g/mol. The molecular formula is C62H95N19O6Os3. The Morgan fingerprint density at radius 1 is 0.344 bits per heavy atom. The molecule has 3 N–H and O–H groups in total. The van der Waals surface area contributed by atoms with Gasteiger partial charge in [-0.2, -0.15) is 0 Å². The summed E-state index contributed by atoms with van der Waals surface area (Å²) in [5.74, 6) is -2.55. The number of aliphatic carboxylic acids is 3. The third kappa shape index (κ3) is 37.5. The van der Waals surface area contributed by atoms with Gasteiger partial charge in [0, 0.05) is 94.7 Å². The molecule has 0 fully saturated rings. The van der Waals surface area contributed by atoms with Crippen molar-refractivity contribution < 1.29 is 89.1 Å². The second kappa shape index (κ2) is 49.3. The van der Waals surface area contributed by atoms with Gasteiger partial charge in [-0.15, -0.1) is 40.0 Å². The molecule has 498 valence electrons. The van der Waals surface area contributed by atoms with Crippen LogP contribution in [0, 0.1) is 40.0 Å². The number of carboxylic acids is 3. The Morgan fingerprint density at radius 3 is 0.700 bits per heavy atom. The molecule has 0 aromatic carbocycles. The van der Waals surface area contributed by atoms with Gasteiger partial charge in [-0.3, -0.25) is 39.4 Å². The Hall–Kier alpha value is -7.51. The molecule has 28 heteroatoms. The van der Waals surface area contributed by atoms with Crippen LogP contribution in [0.3, 0.4) is 0 Å². The Bertz CT molecular complexity index is 2200. The van der Waals surface area contributed by atoms with Crippen molar-refractivity contribution in [3.63, 3.8) is 0 Å². The van der Waals surface area contributed by atoms with Crippen molar-refractivity contribution in [2.24, 2.45) is 0 Å². The van der Waals surface area contributed by atoms with Gasteiger partial charge in [0.05, 0.1) is 36.3 Å². The van der Waals surface area contributed by atoms with Gasteiger partial charge < -0.3 is 84.6 Å². The molecule has 3 aromatic heterocycles. The maximum Gasteiger partial charge on any atom is 2.00 e. The van der Waals surface area contributed by atoms with Crippen LogP contribution in [0.25, 0.3) is 0 Å². The van der Waals surface area contributed by atoms with E-state index in [1.807, 2.05) is 206 Å². The van der Waals surface area contributed by atoms with E-state index in [1.54, 1.807) is 73.2 Å². The quantitative estimate of drug-likeness (QED) is 0.163. The average Bonchev–Trinajstić information content (AvgIpc) is 3.03. The van der Waals surface area contributed by atoms with Crippen molar-refractivity contribution in [2.45, 2.75) is 80.1 Å². The van der Waals surface area contributed by atoms with Gasteiger partial charge in [0.2, 0.25) is 0 Å². The smallest absolute Gasteiger partial charge is 0.509 e. The van der Waals surface area contributed by atoms with Gasteiger partial charge in [-0.05, 0) is 116 Å². The molecule has 90 heavy (non-hydrogen) atoms. The van der Waals surface area contributed by atoms with Crippen LogP contribution in [0.2, 0.25) is 0 Å². The van der Waals surface area contributed by atoms with Gasteiger partial charge in [0.1, 0.15) is 13.3 Å². The molecule has 11 heterocycles. The zero-order chi connectivity index (χ0) is 64.5. The van der Waals surface area contributed by atoms with Crippen molar-refractivity contribution in [3.05, 3.63) is 229 Å². The second-order valence-electron chi connectivity index (χ2n) is 19.8. The van der Waals surface area contributed by atoms with Crippen molar-refractivity contribution in [3.8, 4) is 0 Å². The fourth-order valence-corrected chi connectivity index (χ4v) is 6.77. The number of hydrazine groups is 4. The van der Waals surface area contributed by atoms with Crippen molar-refractivity contribution in [2.75, 3.05) is 69.7 Å². The van der Waals surface area contributed by atoms with Crippen molar-refractivity contribution >= 4 is 17.9 Å². The van der Waals surface area contributed by atoms with Crippen molar-refractivity contribution in [1.82, 2.24) is 94.2 Å². The number of carbonyl (C=O) groups is 3. The Morgan fingerprint density at radius 2 is 0.556 bits per heavy atom. The number of hydrogen-bond acceptors (Lipinski definition) is 22. The third-order valence-corrected chi connectivity index (χ3v) is 10.6. The molecule has 0 saturated carbocycles. The maximum absolute atomic E-state index is 10.1. The largest absolute Gasteiger partial charge is 2.00 e. The summed E-state index contributed by atoms with van der Waals surface area (Å²) in [6.45, 7) is 26.6. The predicted molar refractivity (Wildman–Crippen MR) is 340 cm³/mol. The Balaban J connectivity index is 0. The molecule has 0 spiro atoms. The van der Waals surface area contributed by atoms with E-state index in [9.17, 15) is 14.4 Å². The third-order valence-electron chi connectivity index (χ3n) is 10.6. The molecule has 25 nitrogen and oxygen atoms in total. The van der Waals surface area contributed by atoms with E-state index in [0.717, 1.165) is 13.3 Å². The van der Waals surface area contributed by atoms with Gasteiger partial charge in [-0.1, -0.05) is 79.0 Å². The zero-order valence-corrected chi connectivity index (χ0v) is 62.0. The minimum atomic E-state index is -0.848. The maximum atomic E-state index is 10.1. The molecule has 0 atom stereocenters. The summed E-state index contributed by atoms with van der Waals surface area (Å²) in [5.41, 5.74) is 1.78. The summed E-state index contributed by atoms with van der Waals surface area (Å²) in [6.07, 6.45) is 40.8. The van der Waals surface area contributed by atoms with Gasteiger partial charge in [0.25, 0.3) is 0 Å². The van der Waals surface area contributed by atoms with Crippen molar-refractivity contribution in [1.29, 1.82) is 0 Å². The van der Waals surface area contributed by atoms with Crippen LogP contribution in [0.5, 0.6) is 0 Å². The van der Waals surface area contributed by atoms with Gasteiger partial charge in [-0.25, -0.2) is 0 Å². The van der Waals surface area contributed by atoms with Crippen LogP contribution in [-0.2, 0) is 93.0 Å². The molecule has 0 radical (unpaired) electrons. The molecule has 0 aliphatic carbocycles. The molecule has 11 rings (SSSR count). The monoisotopic (exact) mass is 1780 g/mol. The average molecular weight is 1770 g/mol. The summed E-state index contributed by atoms with van der Waals surface area (Å²) in [5, 5.41) is 41.3. The van der Waals surface area contributed by atoms with E-state index >= 15 is 0 Å². The number of rotatable bonds is 10. The van der Waals surface area contributed by atoms with Crippen LogP contribution in [0.1, 0.15) is 77.9 Å². The predicted octanol–water partition coefficient (Wildman–Crippen LogP) is 8.35. The summed E-state index contributed by atoms with van der Waals surface area (Å²) >= 11 is 0. The first-order valence-corrected chi connectivity index (χ1v) is 28.5. The standard InChI is InChI=1S/2C8H13N4.2C8H12N4.3C7H7NO2.3C3H8.3Os/c4*1-9-3-5-11(7-9)12-6-4-10(2)8-12;3*9-7(10)5-6-3-1-2-4-8-6;3*1-3-2;;;/h2*3-7H,8H2,1-2H3;2*3-8H,1-2H3;3*1-4H,5H2,(H,9,10);3*3H2,1-2H3;;;/q2*-1;2*-2;;;;;;;3*+2. The van der Waals surface area contributed by atoms with E-state index in [4.69, 9.17) is 15.3 Å².